The highest BCUT2D eigenvalue weighted by Gasteiger charge is 2.12. The van der Waals surface area contributed by atoms with E-state index in [1.165, 1.54) is 36.5 Å². The van der Waals surface area contributed by atoms with Gasteiger partial charge in [-0.3, -0.25) is 19.7 Å². The molecule has 0 bridgehead atoms. The van der Waals surface area contributed by atoms with E-state index in [0.29, 0.717) is 5.69 Å². The van der Waals surface area contributed by atoms with Gasteiger partial charge in [0, 0.05) is 35.8 Å². The number of hydrogen-bond acceptors (Lipinski definition) is 4. The molecule has 1 aromatic carbocycles. The SMILES string of the molecule is Cc1cc(=O)c(C(=O)Nc2cccc([N+](=O)[O-])c2)c[nH]1. The molecule has 0 aliphatic rings. The highest BCUT2D eigenvalue weighted by molar-refractivity contribution is 6.04. The Labute approximate surface area is 113 Å². The number of hydrogen-bond donors (Lipinski definition) is 2. The number of pyridine rings is 1. The lowest BCUT2D eigenvalue weighted by Crippen LogP contribution is -2.21. The number of carbonyl (C=O) groups excluding carboxylic acids is 1. The Morgan fingerprint density at radius 1 is 1.35 bits per heavy atom. The molecule has 0 saturated heterocycles. The molecule has 7 nitrogen and oxygen atoms in total. The van der Waals surface area contributed by atoms with Crippen molar-refractivity contribution in [1.29, 1.82) is 0 Å². The summed E-state index contributed by atoms with van der Waals surface area (Å²) >= 11 is 0. The smallest absolute Gasteiger partial charge is 0.271 e. The van der Waals surface area contributed by atoms with Crippen molar-refractivity contribution in [3.05, 3.63) is 68.1 Å². The van der Waals surface area contributed by atoms with E-state index in [1.807, 2.05) is 0 Å². The highest BCUT2D eigenvalue weighted by atomic mass is 16.6. The van der Waals surface area contributed by atoms with E-state index in [1.54, 1.807) is 6.92 Å². The first-order valence-electron chi connectivity index (χ1n) is 5.72. The average molecular weight is 273 g/mol. The summed E-state index contributed by atoms with van der Waals surface area (Å²) in [5.41, 5.74) is 0.290. The molecule has 7 heteroatoms. The molecule has 2 aromatic rings. The molecular weight excluding hydrogens is 262 g/mol. The summed E-state index contributed by atoms with van der Waals surface area (Å²) in [6, 6.07) is 6.80. The van der Waals surface area contributed by atoms with Gasteiger partial charge < -0.3 is 10.3 Å². The van der Waals surface area contributed by atoms with Crippen molar-refractivity contribution in [2.24, 2.45) is 0 Å². The molecule has 0 atom stereocenters. The number of nitro groups is 1. The van der Waals surface area contributed by atoms with Crippen LogP contribution in [0, 0.1) is 17.0 Å². The van der Waals surface area contributed by atoms with Crippen molar-refractivity contribution in [3.63, 3.8) is 0 Å². The summed E-state index contributed by atoms with van der Waals surface area (Å²) in [7, 11) is 0. The van der Waals surface area contributed by atoms with E-state index in [4.69, 9.17) is 0 Å². The van der Waals surface area contributed by atoms with Crippen molar-refractivity contribution in [2.45, 2.75) is 6.92 Å². The molecule has 2 rings (SSSR count). The maximum Gasteiger partial charge on any atom is 0.271 e. The second kappa shape index (κ2) is 5.35. The third kappa shape index (κ3) is 2.89. The maximum atomic E-state index is 11.9. The van der Waals surface area contributed by atoms with Gasteiger partial charge in [-0.25, -0.2) is 0 Å². The molecule has 1 heterocycles. The molecule has 20 heavy (non-hydrogen) atoms. The van der Waals surface area contributed by atoms with Crippen LogP contribution in [0.25, 0.3) is 0 Å². The fraction of sp³-hybridized carbons (Fsp3) is 0.0769. The lowest BCUT2D eigenvalue weighted by Gasteiger charge is -2.04. The van der Waals surface area contributed by atoms with Crippen molar-refractivity contribution in [2.75, 3.05) is 5.32 Å². The van der Waals surface area contributed by atoms with Crippen LogP contribution in [-0.4, -0.2) is 15.8 Å². The average Bonchev–Trinajstić information content (AvgIpc) is 2.38. The zero-order valence-corrected chi connectivity index (χ0v) is 10.5. The van der Waals surface area contributed by atoms with E-state index in [0.717, 1.165) is 0 Å². The minimum absolute atomic E-state index is 0.0536. The fourth-order valence-corrected chi connectivity index (χ4v) is 1.65. The number of aryl methyl sites for hydroxylation is 1. The van der Waals surface area contributed by atoms with Gasteiger partial charge in [-0.1, -0.05) is 6.07 Å². The predicted molar refractivity (Wildman–Crippen MR) is 72.8 cm³/mol. The van der Waals surface area contributed by atoms with Crippen LogP contribution >= 0.6 is 0 Å². The number of nitro benzene ring substituents is 1. The molecule has 0 aliphatic heterocycles. The zero-order chi connectivity index (χ0) is 14.7. The van der Waals surface area contributed by atoms with E-state index in [9.17, 15) is 19.7 Å². The fourth-order valence-electron chi connectivity index (χ4n) is 1.65. The van der Waals surface area contributed by atoms with Crippen LogP contribution in [0.1, 0.15) is 16.1 Å². The quantitative estimate of drug-likeness (QED) is 0.657. The Kier molecular flexibility index (Phi) is 3.60. The first-order chi connectivity index (χ1) is 9.47. The number of rotatable bonds is 3. The predicted octanol–water partition coefficient (Wildman–Crippen LogP) is 1.84. The number of aromatic amines is 1. The van der Waals surface area contributed by atoms with Crippen molar-refractivity contribution < 1.29 is 9.72 Å². The van der Waals surface area contributed by atoms with Crippen molar-refractivity contribution >= 4 is 17.3 Å². The third-order valence-electron chi connectivity index (χ3n) is 2.62. The molecule has 1 aromatic heterocycles. The van der Waals surface area contributed by atoms with Gasteiger partial charge in [0.05, 0.1) is 4.92 Å². The molecular formula is C13H11N3O4. The first kappa shape index (κ1) is 13.5. The summed E-state index contributed by atoms with van der Waals surface area (Å²) in [5, 5.41) is 13.1. The second-order valence-electron chi connectivity index (χ2n) is 4.16. The van der Waals surface area contributed by atoms with Gasteiger partial charge in [0.1, 0.15) is 5.56 Å². The Balaban J connectivity index is 2.25. The summed E-state index contributed by atoms with van der Waals surface area (Å²) < 4.78 is 0. The van der Waals surface area contributed by atoms with Crippen LogP contribution in [0.5, 0.6) is 0 Å². The minimum Gasteiger partial charge on any atom is -0.364 e. The molecule has 0 radical (unpaired) electrons. The maximum absolute atomic E-state index is 11.9. The van der Waals surface area contributed by atoms with E-state index in [2.05, 4.69) is 10.3 Å². The van der Waals surface area contributed by atoms with Crippen molar-refractivity contribution in [1.82, 2.24) is 4.98 Å². The monoisotopic (exact) mass is 273 g/mol. The van der Waals surface area contributed by atoms with Crippen LogP contribution in [0.15, 0.2) is 41.3 Å². The molecule has 0 fully saturated rings. The summed E-state index contributed by atoms with van der Waals surface area (Å²) in [4.78, 5) is 36.4. The lowest BCUT2D eigenvalue weighted by atomic mass is 10.2. The van der Waals surface area contributed by atoms with Gasteiger partial charge >= 0.3 is 0 Å². The molecule has 0 spiro atoms. The Bertz CT molecular complexity index is 736. The Morgan fingerprint density at radius 3 is 2.75 bits per heavy atom. The largest absolute Gasteiger partial charge is 0.364 e. The van der Waals surface area contributed by atoms with E-state index >= 15 is 0 Å². The summed E-state index contributed by atoms with van der Waals surface area (Å²) in [6.45, 7) is 1.70. The lowest BCUT2D eigenvalue weighted by molar-refractivity contribution is -0.384. The van der Waals surface area contributed by atoms with Gasteiger partial charge in [-0.05, 0) is 13.0 Å². The Hall–Kier alpha value is -2.96. The van der Waals surface area contributed by atoms with Gasteiger partial charge in [0.15, 0.2) is 5.43 Å². The van der Waals surface area contributed by atoms with Crippen LogP contribution in [0.4, 0.5) is 11.4 Å². The van der Waals surface area contributed by atoms with Gasteiger partial charge in [-0.15, -0.1) is 0 Å². The second-order valence-corrected chi connectivity index (χ2v) is 4.16. The number of non-ortho nitro benzene ring substituents is 1. The standard InChI is InChI=1S/C13H11N3O4/c1-8-5-12(17)11(7-14-8)13(18)15-9-3-2-4-10(6-9)16(19)20/h2-7H,1H3,(H,14,17)(H,15,18). The van der Waals surface area contributed by atoms with Gasteiger partial charge in [-0.2, -0.15) is 0 Å². The molecule has 0 saturated carbocycles. The zero-order valence-electron chi connectivity index (χ0n) is 10.5. The van der Waals surface area contributed by atoms with Crippen LogP contribution in [0.2, 0.25) is 0 Å². The Morgan fingerprint density at radius 2 is 2.10 bits per heavy atom. The summed E-state index contributed by atoms with van der Waals surface area (Å²) in [6.07, 6.45) is 1.31. The van der Waals surface area contributed by atoms with Crippen molar-refractivity contribution in [3.8, 4) is 0 Å². The first-order valence-corrected chi connectivity index (χ1v) is 5.72. The van der Waals surface area contributed by atoms with Gasteiger partial charge in [0.25, 0.3) is 11.6 Å². The van der Waals surface area contributed by atoms with Crippen LogP contribution in [0.3, 0.4) is 0 Å². The number of nitrogens with zero attached hydrogens (tertiary/aromatic N) is 1. The number of aromatic nitrogens is 1. The minimum atomic E-state index is -0.619. The number of amides is 1. The van der Waals surface area contributed by atoms with Crippen LogP contribution in [-0.2, 0) is 0 Å². The number of carbonyl (C=O) groups is 1. The highest BCUT2D eigenvalue weighted by Crippen LogP contribution is 2.17. The van der Waals surface area contributed by atoms with Crippen LogP contribution < -0.4 is 10.7 Å². The van der Waals surface area contributed by atoms with E-state index in [-0.39, 0.29) is 16.9 Å². The van der Waals surface area contributed by atoms with E-state index < -0.39 is 16.3 Å². The molecule has 0 unspecified atom stereocenters. The number of nitrogens with one attached hydrogen (secondary N) is 2. The number of H-pyrrole nitrogens is 1. The molecule has 2 N–H and O–H groups in total. The van der Waals surface area contributed by atoms with Gasteiger partial charge in [0.2, 0.25) is 0 Å². The summed E-state index contributed by atoms with van der Waals surface area (Å²) in [5.74, 6) is -0.619. The number of benzene rings is 1. The molecule has 1 amide bonds. The molecule has 0 aliphatic carbocycles. The third-order valence-corrected chi connectivity index (χ3v) is 2.62. The topological polar surface area (TPSA) is 105 Å². The number of anilines is 1. The normalized spacial score (nSPS) is 10.1. The molecule has 102 valence electrons.